The molecular formula is C19H13N3O3. The van der Waals surface area contributed by atoms with Crippen molar-refractivity contribution in [1.82, 2.24) is 9.78 Å². The Morgan fingerprint density at radius 1 is 0.920 bits per heavy atom. The second-order valence-corrected chi connectivity index (χ2v) is 5.76. The van der Waals surface area contributed by atoms with Gasteiger partial charge in [0.15, 0.2) is 17.3 Å². The molecule has 0 aliphatic heterocycles. The maximum atomic E-state index is 12.9. The Morgan fingerprint density at radius 2 is 1.60 bits per heavy atom. The molecule has 25 heavy (non-hydrogen) atoms. The number of carbonyl (C=O) groups excluding carboxylic acids is 3. The van der Waals surface area contributed by atoms with Gasteiger partial charge in [0.2, 0.25) is 0 Å². The van der Waals surface area contributed by atoms with Crippen LogP contribution < -0.4 is 5.32 Å². The van der Waals surface area contributed by atoms with Gasteiger partial charge < -0.3 is 5.32 Å². The molecule has 1 N–H and O–H groups in total. The second kappa shape index (κ2) is 5.52. The normalized spacial score (nSPS) is 12.5. The molecule has 0 atom stereocenters. The molecule has 0 saturated carbocycles. The van der Waals surface area contributed by atoms with Gasteiger partial charge in [-0.3, -0.25) is 19.1 Å². The maximum Gasteiger partial charge on any atom is 0.276 e. The smallest absolute Gasteiger partial charge is 0.276 e. The molecule has 0 saturated heterocycles. The third-order valence-corrected chi connectivity index (χ3v) is 4.15. The molecule has 1 aliphatic rings. The molecule has 0 unspecified atom stereocenters. The average Bonchev–Trinajstić information content (AvgIpc) is 3.06. The molecule has 0 bridgehead atoms. The molecule has 1 aliphatic carbocycles. The van der Waals surface area contributed by atoms with Crippen LogP contribution in [0.1, 0.15) is 42.3 Å². The van der Waals surface area contributed by atoms with E-state index in [1.807, 2.05) is 0 Å². The zero-order valence-electron chi connectivity index (χ0n) is 13.3. The van der Waals surface area contributed by atoms with E-state index in [-0.39, 0.29) is 22.8 Å². The number of benzene rings is 2. The van der Waals surface area contributed by atoms with Crippen LogP contribution in [0.3, 0.4) is 0 Å². The van der Waals surface area contributed by atoms with Gasteiger partial charge in [0, 0.05) is 29.9 Å². The Kier molecular flexibility index (Phi) is 3.32. The van der Waals surface area contributed by atoms with E-state index in [4.69, 9.17) is 0 Å². The van der Waals surface area contributed by atoms with Crippen molar-refractivity contribution in [3.05, 3.63) is 82.7 Å². The van der Waals surface area contributed by atoms with Gasteiger partial charge in [-0.2, -0.15) is 5.10 Å². The highest BCUT2D eigenvalue weighted by Gasteiger charge is 2.31. The average molecular weight is 331 g/mol. The van der Waals surface area contributed by atoms with E-state index < -0.39 is 5.91 Å². The van der Waals surface area contributed by atoms with E-state index >= 15 is 0 Å². The topological polar surface area (TPSA) is 81.1 Å². The number of ketones is 2. The van der Waals surface area contributed by atoms with E-state index in [0.717, 1.165) is 0 Å². The number of rotatable bonds is 2. The predicted octanol–water partition coefficient (Wildman–Crippen LogP) is 2.45. The number of fused-ring (bicyclic) bond motifs is 2. The number of hydrogen-bond acceptors (Lipinski definition) is 4. The minimum absolute atomic E-state index is 0.218. The van der Waals surface area contributed by atoms with Crippen molar-refractivity contribution in [3.8, 4) is 0 Å². The van der Waals surface area contributed by atoms with Gasteiger partial charge in [0.05, 0.1) is 11.3 Å². The quantitative estimate of drug-likeness (QED) is 0.612. The monoisotopic (exact) mass is 331 g/mol. The third kappa shape index (κ3) is 2.35. The first-order valence-electron chi connectivity index (χ1n) is 7.68. The van der Waals surface area contributed by atoms with Gasteiger partial charge in [-0.1, -0.05) is 36.4 Å². The van der Waals surface area contributed by atoms with Gasteiger partial charge in [-0.05, 0) is 12.1 Å². The summed E-state index contributed by atoms with van der Waals surface area (Å²) in [6.07, 6.45) is 1.65. The Hall–Kier alpha value is -3.54. The molecule has 0 fully saturated rings. The molecule has 1 heterocycles. The molecule has 1 aromatic heterocycles. The number of carbonyl (C=O) groups is 3. The lowest BCUT2D eigenvalue weighted by Crippen LogP contribution is -2.24. The molecule has 6 nitrogen and oxygen atoms in total. The minimum Gasteiger partial charge on any atom is -0.320 e. The van der Waals surface area contributed by atoms with Crippen LogP contribution in [0.15, 0.2) is 54.7 Å². The standard InChI is InChI=1S/C19H13N3O3/c1-22-10-9-15(21-22)19(25)20-14-8-4-7-13-16(14)18(24)12-6-3-2-5-11(12)17(13)23/h2-10H,1H3,(H,20,25). The highest BCUT2D eigenvalue weighted by Crippen LogP contribution is 2.32. The first-order chi connectivity index (χ1) is 12.1. The van der Waals surface area contributed by atoms with Gasteiger partial charge in [-0.15, -0.1) is 0 Å². The SMILES string of the molecule is Cn1ccc(C(=O)Nc2cccc3c2C(=O)c2ccccc2C3=O)n1. The molecular weight excluding hydrogens is 318 g/mol. The molecule has 0 spiro atoms. The van der Waals surface area contributed by atoms with Crippen LogP contribution in [0.25, 0.3) is 0 Å². The minimum atomic E-state index is -0.437. The number of nitrogens with one attached hydrogen (secondary N) is 1. The fraction of sp³-hybridized carbons (Fsp3) is 0.0526. The zero-order valence-corrected chi connectivity index (χ0v) is 13.3. The molecule has 0 radical (unpaired) electrons. The van der Waals surface area contributed by atoms with E-state index in [1.165, 1.54) is 4.68 Å². The van der Waals surface area contributed by atoms with Crippen molar-refractivity contribution in [1.29, 1.82) is 0 Å². The van der Waals surface area contributed by atoms with Crippen LogP contribution in [0.4, 0.5) is 5.69 Å². The third-order valence-electron chi connectivity index (χ3n) is 4.15. The lowest BCUT2D eigenvalue weighted by Gasteiger charge is -2.20. The first kappa shape index (κ1) is 15.0. The number of amides is 1. The molecule has 122 valence electrons. The summed E-state index contributed by atoms with van der Waals surface area (Å²) in [5.41, 5.74) is 1.78. The molecule has 2 aromatic carbocycles. The highest BCUT2D eigenvalue weighted by molar-refractivity contribution is 6.30. The number of hydrogen-bond donors (Lipinski definition) is 1. The van der Waals surface area contributed by atoms with Crippen molar-refractivity contribution in [2.75, 3.05) is 5.32 Å². The molecule has 3 aromatic rings. The number of aryl methyl sites for hydroxylation is 1. The first-order valence-corrected chi connectivity index (χ1v) is 7.68. The Labute approximate surface area is 143 Å². The summed E-state index contributed by atoms with van der Waals surface area (Å²) in [4.78, 5) is 37.9. The summed E-state index contributed by atoms with van der Waals surface area (Å²) in [7, 11) is 1.71. The van der Waals surface area contributed by atoms with Gasteiger partial charge in [-0.25, -0.2) is 0 Å². The Balaban J connectivity index is 1.78. The number of nitrogens with zero attached hydrogens (tertiary/aromatic N) is 2. The van der Waals surface area contributed by atoms with Crippen LogP contribution >= 0.6 is 0 Å². The van der Waals surface area contributed by atoms with Crippen molar-refractivity contribution in [3.63, 3.8) is 0 Å². The summed E-state index contributed by atoms with van der Waals surface area (Å²) >= 11 is 0. The van der Waals surface area contributed by atoms with E-state index in [9.17, 15) is 14.4 Å². The molecule has 4 rings (SSSR count). The van der Waals surface area contributed by atoms with Crippen LogP contribution in [0.2, 0.25) is 0 Å². The largest absolute Gasteiger partial charge is 0.320 e. The fourth-order valence-electron chi connectivity index (χ4n) is 2.97. The lowest BCUT2D eigenvalue weighted by molar-refractivity contribution is 0.0978. The number of aromatic nitrogens is 2. The van der Waals surface area contributed by atoms with Crippen LogP contribution in [0.5, 0.6) is 0 Å². The van der Waals surface area contributed by atoms with Gasteiger partial charge >= 0.3 is 0 Å². The maximum absolute atomic E-state index is 12.9. The summed E-state index contributed by atoms with van der Waals surface area (Å²) in [5, 5.41) is 6.74. The van der Waals surface area contributed by atoms with Crippen molar-refractivity contribution in [2.24, 2.45) is 7.05 Å². The summed E-state index contributed by atoms with van der Waals surface area (Å²) in [6, 6.07) is 13.1. The van der Waals surface area contributed by atoms with Crippen molar-refractivity contribution < 1.29 is 14.4 Å². The van der Waals surface area contributed by atoms with Crippen molar-refractivity contribution >= 4 is 23.2 Å². The van der Waals surface area contributed by atoms with E-state index in [1.54, 1.807) is 61.8 Å². The Bertz CT molecular complexity index is 1050. The summed E-state index contributed by atoms with van der Waals surface area (Å²) in [6.45, 7) is 0. The highest BCUT2D eigenvalue weighted by atomic mass is 16.2. The van der Waals surface area contributed by atoms with E-state index in [0.29, 0.717) is 22.4 Å². The number of anilines is 1. The van der Waals surface area contributed by atoms with Crippen molar-refractivity contribution in [2.45, 2.75) is 0 Å². The lowest BCUT2D eigenvalue weighted by atomic mass is 9.83. The van der Waals surface area contributed by atoms with Crippen LogP contribution in [-0.2, 0) is 7.05 Å². The summed E-state index contributed by atoms with van der Waals surface area (Å²) in [5.74, 6) is -0.936. The van der Waals surface area contributed by atoms with Gasteiger partial charge in [0.25, 0.3) is 5.91 Å². The predicted molar refractivity (Wildman–Crippen MR) is 90.9 cm³/mol. The fourth-order valence-corrected chi connectivity index (χ4v) is 2.97. The van der Waals surface area contributed by atoms with Gasteiger partial charge in [0.1, 0.15) is 0 Å². The van der Waals surface area contributed by atoms with E-state index in [2.05, 4.69) is 10.4 Å². The second-order valence-electron chi connectivity index (χ2n) is 5.76. The van der Waals surface area contributed by atoms with Crippen LogP contribution in [-0.4, -0.2) is 27.3 Å². The Morgan fingerprint density at radius 3 is 2.28 bits per heavy atom. The molecule has 1 amide bonds. The van der Waals surface area contributed by atoms with Crippen LogP contribution in [0, 0.1) is 0 Å². The zero-order chi connectivity index (χ0) is 17.6. The summed E-state index contributed by atoms with van der Waals surface area (Å²) < 4.78 is 1.51. The molecule has 6 heteroatoms.